The van der Waals surface area contributed by atoms with Crippen LogP contribution in [0.1, 0.15) is 22.9 Å². The number of amides is 1. The Balaban J connectivity index is 0.000000845. The Kier molecular flexibility index (Phi) is 1.43. The summed E-state index contributed by atoms with van der Waals surface area (Å²) < 4.78 is 0. The quantitative estimate of drug-likeness (QED) is 0.651. The molecule has 2 rings (SSSR count). The van der Waals surface area contributed by atoms with E-state index in [4.69, 9.17) is 5.73 Å². The van der Waals surface area contributed by atoms with Crippen LogP contribution in [0, 0.1) is 0 Å². The predicted octanol–water partition coefficient (Wildman–Crippen LogP) is 0.831. The average Bonchev–Trinajstić information content (AvgIpc) is 2.49. The highest BCUT2D eigenvalue weighted by atomic mass is 16.1. The largest absolute Gasteiger partial charge is 1.00 e. The molecule has 3 heteroatoms. The normalized spacial score (nSPS) is 13.0. The zero-order valence-electron chi connectivity index (χ0n) is 7.45. The van der Waals surface area contributed by atoms with Gasteiger partial charge in [-0.15, -0.1) is 0 Å². The van der Waals surface area contributed by atoms with Crippen LogP contribution in [0.25, 0.3) is 0 Å². The SMILES string of the molecule is NC(=O)c1ccc2c(c1)C=NC2.[H+]. The third-order valence-corrected chi connectivity index (χ3v) is 1.92. The minimum Gasteiger partial charge on any atom is -0.366 e. The Morgan fingerprint density at radius 2 is 2.42 bits per heavy atom. The van der Waals surface area contributed by atoms with E-state index in [1.165, 1.54) is 0 Å². The third-order valence-electron chi connectivity index (χ3n) is 1.92. The maximum absolute atomic E-state index is 10.8. The van der Waals surface area contributed by atoms with E-state index in [1.807, 2.05) is 6.07 Å². The maximum Gasteiger partial charge on any atom is 1.00 e. The first-order valence-electron chi connectivity index (χ1n) is 3.70. The monoisotopic (exact) mass is 161 g/mol. The number of hydrogen-bond acceptors (Lipinski definition) is 2. The van der Waals surface area contributed by atoms with Gasteiger partial charge in [-0.05, 0) is 23.3 Å². The van der Waals surface area contributed by atoms with E-state index in [-0.39, 0.29) is 1.43 Å². The number of nitrogens with two attached hydrogens (primary N) is 1. The fraction of sp³-hybridized carbons (Fsp3) is 0.111. The van der Waals surface area contributed by atoms with Crippen LogP contribution >= 0.6 is 0 Å². The van der Waals surface area contributed by atoms with Gasteiger partial charge in [0.15, 0.2) is 0 Å². The summed E-state index contributed by atoms with van der Waals surface area (Å²) >= 11 is 0. The van der Waals surface area contributed by atoms with E-state index in [2.05, 4.69) is 4.99 Å². The zero-order valence-corrected chi connectivity index (χ0v) is 6.45. The second-order valence-electron chi connectivity index (χ2n) is 2.75. The maximum atomic E-state index is 10.8. The molecule has 0 aliphatic carbocycles. The Morgan fingerprint density at radius 3 is 3.17 bits per heavy atom. The molecule has 1 aliphatic heterocycles. The van der Waals surface area contributed by atoms with Crippen molar-refractivity contribution in [2.75, 3.05) is 0 Å². The highest BCUT2D eigenvalue weighted by Crippen LogP contribution is 2.15. The van der Waals surface area contributed by atoms with Gasteiger partial charge in [-0.2, -0.15) is 0 Å². The smallest absolute Gasteiger partial charge is 0.366 e. The van der Waals surface area contributed by atoms with Crippen molar-refractivity contribution in [2.45, 2.75) is 6.54 Å². The van der Waals surface area contributed by atoms with Crippen molar-refractivity contribution < 1.29 is 6.22 Å². The molecule has 1 amide bonds. The van der Waals surface area contributed by atoms with Crippen LogP contribution < -0.4 is 5.73 Å². The van der Waals surface area contributed by atoms with Gasteiger partial charge in [-0.1, -0.05) is 6.07 Å². The third kappa shape index (κ3) is 0.993. The van der Waals surface area contributed by atoms with Gasteiger partial charge in [0.05, 0.1) is 6.54 Å². The summed E-state index contributed by atoms with van der Waals surface area (Å²) in [4.78, 5) is 14.9. The molecule has 1 heterocycles. The number of benzene rings is 1. The molecule has 0 saturated carbocycles. The summed E-state index contributed by atoms with van der Waals surface area (Å²) in [6.07, 6.45) is 1.77. The zero-order chi connectivity index (χ0) is 8.55. The van der Waals surface area contributed by atoms with Crippen molar-refractivity contribution >= 4 is 12.1 Å². The Hall–Kier alpha value is -1.64. The van der Waals surface area contributed by atoms with Crippen LogP contribution in [0.5, 0.6) is 0 Å². The molecule has 0 atom stereocenters. The lowest BCUT2D eigenvalue weighted by Crippen LogP contribution is -2.11. The summed E-state index contributed by atoms with van der Waals surface area (Å²) in [6, 6.07) is 5.40. The Bertz CT molecular complexity index is 374. The number of carbonyl (C=O) groups is 1. The first-order chi connectivity index (χ1) is 5.77. The van der Waals surface area contributed by atoms with E-state index >= 15 is 0 Å². The summed E-state index contributed by atoms with van der Waals surface area (Å²) in [5.41, 5.74) is 7.83. The number of fused-ring (bicyclic) bond motifs is 1. The molecule has 12 heavy (non-hydrogen) atoms. The van der Waals surface area contributed by atoms with Crippen molar-refractivity contribution in [3.8, 4) is 0 Å². The molecule has 60 valence electrons. The highest BCUT2D eigenvalue weighted by molar-refractivity contribution is 5.96. The van der Waals surface area contributed by atoms with E-state index in [0.717, 1.165) is 11.1 Å². The van der Waals surface area contributed by atoms with Crippen molar-refractivity contribution in [2.24, 2.45) is 10.7 Å². The molecular formula is C9H9N2O+. The first kappa shape index (κ1) is 7.03. The molecule has 0 fully saturated rings. The molecule has 0 saturated heterocycles. The lowest BCUT2D eigenvalue weighted by atomic mass is 10.1. The van der Waals surface area contributed by atoms with Crippen LogP contribution in [-0.4, -0.2) is 12.1 Å². The summed E-state index contributed by atoms with van der Waals surface area (Å²) in [5, 5.41) is 0. The second-order valence-corrected chi connectivity index (χ2v) is 2.75. The molecule has 0 unspecified atom stereocenters. The van der Waals surface area contributed by atoms with Gasteiger partial charge in [0.1, 0.15) is 0 Å². The molecule has 1 aromatic rings. The number of aliphatic imine (C=N–C) groups is 1. The van der Waals surface area contributed by atoms with Crippen LogP contribution in [-0.2, 0) is 6.54 Å². The van der Waals surface area contributed by atoms with Crippen molar-refractivity contribution in [3.05, 3.63) is 34.9 Å². The van der Waals surface area contributed by atoms with Crippen LogP contribution in [0.4, 0.5) is 0 Å². The van der Waals surface area contributed by atoms with Crippen LogP contribution in [0.3, 0.4) is 0 Å². The number of rotatable bonds is 1. The van der Waals surface area contributed by atoms with Crippen LogP contribution in [0.15, 0.2) is 23.2 Å². The molecule has 1 aromatic carbocycles. The van der Waals surface area contributed by atoms with Crippen molar-refractivity contribution in [1.82, 2.24) is 0 Å². The van der Waals surface area contributed by atoms with Gasteiger partial charge in [-0.3, -0.25) is 9.79 Å². The van der Waals surface area contributed by atoms with Gasteiger partial charge >= 0.3 is 1.43 Å². The minimum absolute atomic E-state index is 0. The van der Waals surface area contributed by atoms with Gasteiger partial charge in [0, 0.05) is 11.8 Å². The fourth-order valence-electron chi connectivity index (χ4n) is 1.25. The van der Waals surface area contributed by atoms with Gasteiger partial charge in [0.25, 0.3) is 0 Å². The topological polar surface area (TPSA) is 55.5 Å². The van der Waals surface area contributed by atoms with Gasteiger partial charge < -0.3 is 5.73 Å². The molecule has 3 nitrogen and oxygen atoms in total. The predicted molar refractivity (Wildman–Crippen MR) is 47.4 cm³/mol. The molecule has 0 spiro atoms. The molecule has 0 radical (unpaired) electrons. The van der Waals surface area contributed by atoms with E-state index in [0.29, 0.717) is 12.1 Å². The Labute approximate surface area is 71.4 Å². The summed E-state index contributed by atoms with van der Waals surface area (Å²) in [7, 11) is 0. The lowest BCUT2D eigenvalue weighted by molar-refractivity contribution is 0.100. The van der Waals surface area contributed by atoms with Crippen molar-refractivity contribution in [1.29, 1.82) is 0 Å². The lowest BCUT2D eigenvalue weighted by Gasteiger charge is -1.98. The summed E-state index contributed by atoms with van der Waals surface area (Å²) in [6.45, 7) is 0.717. The highest BCUT2D eigenvalue weighted by Gasteiger charge is 2.08. The molecule has 0 bridgehead atoms. The Morgan fingerprint density at radius 1 is 1.58 bits per heavy atom. The number of hydrogen-bond donors (Lipinski definition) is 1. The van der Waals surface area contributed by atoms with E-state index < -0.39 is 5.91 Å². The van der Waals surface area contributed by atoms with E-state index in [9.17, 15) is 4.79 Å². The minimum atomic E-state index is -0.391. The average molecular weight is 161 g/mol. The van der Waals surface area contributed by atoms with Crippen molar-refractivity contribution in [3.63, 3.8) is 0 Å². The number of carbonyl (C=O) groups excluding carboxylic acids is 1. The fourth-order valence-corrected chi connectivity index (χ4v) is 1.25. The second kappa shape index (κ2) is 2.44. The molecule has 1 aliphatic rings. The summed E-state index contributed by atoms with van der Waals surface area (Å²) in [5.74, 6) is -0.391. The number of nitrogens with zero attached hydrogens (tertiary/aromatic N) is 1. The molecule has 0 aromatic heterocycles. The standard InChI is InChI=1S/C9H8N2O/c10-9(12)6-1-2-7-4-11-5-8(7)3-6/h1-3,5H,4H2,(H2,10,12)/p+1. The van der Waals surface area contributed by atoms with Gasteiger partial charge in [-0.25, -0.2) is 0 Å². The van der Waals surface area contributed by atoms with Crippen LogP contribution in [0.2, 0.25) is 0 Å². The first-order valence-corrected chi connectivity index (χ1v) is 3.70. The number of primary amides is 1. The molecule has 2 N–H and O–H groups in total. The van der Waals surface area contributed by atoms with E-state index in [1.54, 1.807) is 18.3 Å². The van der Waals surface area contributed by atoms with Gasteiger partial charge in [0.2, 0.25) is 5.91 Å². The molecular weight excluding hydrogens is 152 g/mol.